The highest BCUT2D eigenvalue weighted by molar-refractivity contribution is 5.86. The van der Waals surface area contributed by atoms with Gasteiger partial charge in [0.05, 0.1) is 12.6 Å². The van der Waals surface area contributed by atoms with Crippen LogP contribution in [-0.2, 0) is 9.59 Å². The summed E-state index contributed by atoms with van der Waals surface area (Å²) in [7, 11) is 0. The third-order valence-corrected chi connectivity index (χ3v) is 1.81. The first-order valence-electron chi connectivity index (χ1n) is 4.85. The molecule has 0 aliphatic rings. The molecule has 0 fully saturated rings. The molecule has 0 aromatic carbocycles. The molecular weight excluding hydrogens is 194 g/mol. The van der Waals surface area contributed by atoms with E-state index in [1.807, 2.05) is 19.9 Å². The van der Waals surface area contributed by atoms with Gasteiger partial charge in [0.1, 0.15) is 5.92 Å². The minimum atomic E-state index is -0.733. The van der Waals surface area contributed by atoms with Crippen LogP contribution >= 0.6 is 0 Å². The molecule has 84 valence electrons. The predicted octanol–water partition coefficient (Wildman–Crippen LogP) is 0.116. The maximum absolute atomic E-state index is 11.6. The molecule has 0 aliphatic carbocycles. The van der Waals surface area contributed by atoms with Gasteiger partial charge in [-0.3, -0.25) is 9.59 Å². The van der Waals surface area contributed by atoms with E-state index in [9.17, 15) is 9.59 Å². The van der Waals surface area contributed by atoms with Crippen LogP contribution < -0.4 is 5.73 Å². The van der Waals surface area contributed by atoms with Crippen molar-refractivity contribution < 1.29 is 9.59 Å². The van der Waals surface area contributed by atoms with E-state index >= 15 is 0 Å². The van der Waals surface area contributed by atoms with Crippen LogP contribution in [0.2, 0.25) is 0 Å². The number of carbonyl (C=O) groups is 2. The highest BCUT2D eigenvalue weighted by Crippen LogP contribution is 2.05. The number of amides is 2. The van der Waals surface area contributed by atoms with E-state index in [4.69, 9.17) is 11.0 Å². The molecular formula is C10H17N3O2. The molecule has 0 aromatic heterocycles. The van der Waals surface area contributed by atoms with Crippen molar-refractivity contribution >= 4 is 11.8 Å². The third-order valence-electron chi connectivity index (χ3n) is 1.81. The van der Waals surface area contributed by atoms with Crippen LogP contribution in [0.5, 0.6) is 0 Å². The fraction of sp³-hybridized carbons (Fsp3) is 0.700. The fourth-order valence-corrected chi connectivity index (χ4v) is 1.19. The van der Waals surface area contributed by atoms with E-state index in [0.29, 0.717) is 6.54 Å². The summed E-state index contributed by atoms with van der Waals surface area (Å²) >= 11 is 0. The summed E-state index contributed by atoms with van der Waals surface area (Å²) in [5.74, 6) is -1.40. The SMILES string of the molecule is CC(C)CN(CC(N)=O)C(=O)C(C)C#N. The second-order valence-electron chi connectivity index (χ2n) is 3.93. The summed E-state index contributed by atoms with van der Waals surface area (Å²) in [6, 6.07) is 1.85. The lowest BCUT2D eigenvalue weighted by Gasteiger charge is -2.23. The molecule has 0 aromatic rings. The summed E-state index contributed by atoms with van der Waals surface area (Å²) in [5, 5.41) is 8.61. The molecule has 2 N–H and O–H groups in total. The molecule has 1 atom stereocenters. The summed E-state index contributed by atoms with van der Waals surface area (Å²) in [6.45, 7) is 5.68. The van der Waals surface area contributed by atoms with Crippen molar-refractivity contribution in [2.75, 3.05) is 13.1 Å². The van der Waals surface area contributed by atoms with E-state index in [1.54, 1.807) is 0 Å². The number of rotatable bonds is 5. The topological polar surface area (TPSA) is 87.2 Å². The summed E-state index contributed by atoms with van der Waals surface area (Å²) in [4.78, 5) is 23.7. The van der Waals surface area contributed by atoms with Gasteiger partial charge in [0, 0.05) is 6.54 Å². The molecule has 1 unspecified atom stereocenters. The number of nitrogens with zero attached hydrogens (tertiary/aromatic N) is 2. The van der Waals surface area contributed by atoms with Gasteiger partial charge in [-0.15, -0.1) is 0 Å². The molecule has 0 aliphatic heterocycles. The standard InChI is InChI=1S/C10H17N3O2/c1-7(2)5-13(6-9(12)14)10(15)8(3)4-11/h7-8H,5-6H2,1-3H3,(H2,12,14). The Bertz CT molecular complexity index is 281. The van der Waals surface area contributed by atoms with E-state index < -0.39 is 11.8 Å². The number of hydrogen-bond acceptors (Lipinski definition) is 3. The average molecular weight is 211 g/mol. The Morgan fingerprint density at radius 1 is 1.40 bits per heavy atom. The van der Waals surface area contributed by atoms with E-state index in [0.717, 1.165) is 0 Å². The van der Waals surface area contributed by atoms with Crippen LogP contribution in [0.1, 0.15) is 20.8 Å². The lowest BCUT2D eigenvalue weighted by atomic mass is 10.1. The normalized spacial score (nSPS) is 11.9. The summed E-state index contributed by atoms with van der Waals surface area (Å²) in [6.07, 6.45) is 0. The summed E-state index contributed by atoms with van der Waals surface area (Å²) < 4.78 is 0. The molecule has 0 heterocycles. The van der Waals surface area contributed by atoms with E-state index in [-0.39, 0.29) is 18.4 Å². The second kappa shape index (κ2) is 6.02. The van der Waals surface area contributed by atoms with Crippen LogP contribution in [0.4, 0.5) is 0 Å². The van der Waals surface area contributed by atoms with Crippen molar-refractivity contribution in [3.63, 3.8) is 0 Å². The Morgan fingerprint density at radius 3 is 2.27 bits per heavy atom. The predicted molar refractivity (Wildman–Crippen MR) is 55.4 cm³/mol. The molecule has 5 heteroatoms. The van der Waals surface area contributed by atoms with Crippen LogP contribution in [0.25, 0.3) is 0 Å². The van der Waals surface area contributed by atoms with Gasteiger partial charge in [0.25, 0.3) is 0 Å². The van der Waals surface area contributed by atoms with Crippen molar-refractivity contribution in [1.29, 1.82) is 5.26 Å². The van der Waals surface area contributed by atoms with Gasteiger partial charge in [-0.1, -0.05) is 13.8 Å². The summed E-state index contributed by atoms with van der Waals surface area (Å²) in [5.41, 5.74) is 5.03. The average Bonchev–Trinajstić information content (AvgIpc) is 2.13. The molecule has 0 saturated heterocycles. The van der Waals surface area contributed by atoms with Crippen molar-refractivity contribution in [3.05, 3.63) is 0 Å². The maximum atomic E-state index is 11.6. The first-order chi connectivity index (χ1) is 6.88. The molecule has 15 heavy (non-hydrogen) atoms. The van der Waals surface area contributed by atoms with Gasteiger partial charge in [0.15, 0.2) is 0 Å². The quantitative estimate of drug-likeness (QED) is 0.700. The first-order valence-corrected chi connectivity index (χ1v) is 4.85. The van der Waals surface area contributed by atoms with Gasteiger partial charge in [0.2, 0.25) is 11.8 Å². The highest BCUT2D eigenvalue weighted by Gasteiger charge is 2.22. The lowest BCUT2D eigenvalue weighted by Crippen LogP contribution is -2.42. The van der Waals surface area contributed by atoms with Crippen LogP contribution in [0.3, 0.4) is 0 Å². The van der Waals surface area contributed by atoms with Crippen molar-refractivity contribution in [2.24, 2.45) is 17.6 Å². The Hall–Kier alpha value is -1.57. The molecule has 0 rings (SSSR count). The Balaban J connectivity index is 4.55. The number of primary amides is 1. The monoisotopic (exact) mass is 211 g/mol. The molecule has 0 radical (unpaired) electrons. The van der Waals surface area contributed by atoms with Gasteiger partial charge >= 0.3 is 0 Å². The molecule has 0 bridgehead atoms. The Labute approximate surface area is 89.8 Å². The largest absolute Gasteiger partial charge is 0.368 e. The fourth-order valence-electron chi connectivity index (χ4n) is 1.19. The third kappa shape index (κ3) is 5.01. The smallest absolute Gasteiger partial charge is 0.240 e. The van der Waals surface area contributed by atoms with E-state index in [2.05, 4.69) is 0 Å². The van der Waals surface area contributed by atoms with Gasteiger partial charge in [-0.2, -0.15) is 5.26 Å². The second-order valence-corrected chi connectivity index (χ2v) is 3.93. The Morgan fingerprint density at radius 2 is 1.93 bits per heavy atom. The van der Waals surface area contributed by atoms with Crippen molar-refractivity contribution in [2.45, 2.75) is 20.8 Å². The van der Waals surface area contributed by atoms with E-state index in [1.165, 1.54) is 11.8 Å². The molecule has 5 nitrogen and oxygen atoms in total. The van der Waals surface area contributed by atoms with Crippen LogP contribution in [0, 0.1) is 23.2 Å². The number of nitriles is 1. The zero-order chi connectivity index (χ0) is 12.0. The maximum Gasteiger partial charge on any atom is 0.240 e. The number of carbonyl (C=O) groups excluding carboxylic acids is 2. The Kier molecular flexibility index (Phi) is 5.39. The zero-order valence-corrected chi connectivity index (χ0v) is 9.36. The number of hydrogen-bond donors (Lipinski definition) is 1. The van der Waals surface area contributed by atoms with Gasteiger partial charge in [-0.05, 0) is 12.8 Å². The lowest BCUT2D eigenvalue weighted by molar-refractivity contribution is -0.137. The molecule has 0 saturated carbocycles. The minimum absolute atomic E-state index is 0.122. The van der Waals surface area contributed by atoms with Gasteiger partial charge < -0.3 is 10.6 Å². The molecule has 0 spiro atoms. The van der Waals surface area contributed by atoms with Crippen molar-refractivity contribution in [3.8, 4) is 6.07 Å². The van der Waals surface area contributed by atoms with Crippen molar-refractivity contribution in [1.82, 2.24) is 4.90 Å². The van der Waals surface area contributed by atoms with Crippen LogP contribution in [0.15, 0.2) is 0 Å². The van der Waals surface area contributed by atoms with Gasteiger partial charge in [-0.25, -0.2) is 0 Å². The molecule has 2 amide bonds. The number of nitrogens with two attached hydrogens (primary N) is 1. The zero-order valence-electron chi connectivity index (χ0n) is 9.36. The van der Waals surface area contributed by atoms with Crippen LogP contribution in [-0.4, -0.2) is 29.8 Å². The highest BCUT2D eigenvalue weighted by atomic mass is 16.2. The minimum Gasteiger partial charge on any atom is -0.368 e. The first kappa shape index (κ1) is 13.4.